The van der Waals surface area contributed by atoms with Gasteiger partial charge in [0.25, 0.3) is 0 Å². The van der Waals surface area contributed by atoms with Gasteiger partial charge < -0.3 is 10.1 Å². The molecule has 0 spiro atoms. The van der Waals surface area contributed by atoms with Crippen LogP contribution in [0.2, 0.25) is 0 Å². The number of hydrogen-bond donors (Lipinski definition) is 1. The van der Waals surface area contributed by atoms with Crippen LogP contribution in [0.4, 0.5) is 0 Å². The number of nitrogens with one attached hydrogen (secondary N) is 1. The maximum atomic E-state index is 5.73. The second-order valence-electron chi connectivity index (χ2n) is 4.77. The summed E-state index contributed by atoms with van der Waals surface area (Å²) in [6, 6.07) is 6.13. The Labute approximate surface area is 134 Å². The second-order valence-corrected chi connectivity index (χ2v) is 5.69. The minimum atomic E-state index is 0.298. The van der Waals surface area contributed by atoms with Crippen molar-refractivity contribution in [2.45, 2.75) is 32.7 Å². The second kappa shape index (κ2) is 8.10. The molecule has 0 amide bonds. The van der Waals surface area contributed by atoms with Crippen molar-refractivity contribution in [3.63, 3.8) is 0 Å². The van der Waals surface area contributed by atoms with Crippen molar-refractivity contribution in [2.75, 3.05) is 6.54 Å². The fraction of sp³-hybridized carbons (Fsp3) is 0.375. The first-order chi connectivity index (χ1) is 10.2. The lowest BCUT2D eigenvalue weighted by molar-refractivity contribution is 0.472. The summed E-state index contributed by atoms with van der Waals surface area (Å²) in [7, 11) is 0. The van der Waals surface area contributed by atoms with Crippen LogP contribution >= 0.6 is 15.9 Å². The number of halogens is 1. The molecule has 0 aliphatic rings. The topological polar surface area (TPSA) is 47.0 Å². The fourth-order valence-corrected chi connectivity index (χ4v) is 2.36. The van der Waals surface area contributed by atoms with Crippen LogP contribution in [0.25, 0.3) is 0 Å². The molecule has 2 aromatic rings. The van der Waals surface area contributed by atoms with Gasteiger partial charge in [0, 0.05) is 16.7 Å². The van der Waals surface area contributed by atoms with E-state index in [-0.39, 0.29) is 0 Å². The summed E-state index contributed by atoms with van der Waals surface area (Å²) >= 11 is 3.37. The van der Waals surface area contributed by atoms with E-state index in [0.717, 1.165) is 29.6 Å². The van der Waals surface area contributed by atoms with E-state index >= 15 is 0 Å². The van der Waals surface area contributed by atoms with Gasteiger partial charge in [-0.3, -0.25) is 9.97 Å². The van der Waals surface area contributed by atoms with Gasteiger partial charge in [-0.1, -0.05) is 13.8 Å². The Morgan fingerprint density at radius 2 is 2.05 bits per heavy atom. The Morgan fingerprint density at radius 1 is 1.19 bits per heavy atom. The number of ether oxygens (including phenoxy) is 1. The predicted octanol–water partition coefficient (Wildman–Crippen LogP) is 4.48. The van der Waals surface area contributed by atoms with Crippen molar-refractivity contribution < 1.29 is 4.74 Å². The van der Waals surface area contributed by atoms with Gasteiger partial charge in [-0.05, 0) is 53.5 Å². The summed E-state index contributed by atoms with van der Waals surface area (Å²) < 4.78 is 6.62. The van der Waals surface area contributed by atoms with Gasteiger partial charge in [0.05, 0.1) is 18.1 Å². The third-order valence-electron chi connectivity index (χ3n) is 3.08. The van der Waals surface area contributed by atoms with Crippen molar-refractivity contribution in [1.29, 1.82) is 0 Å². The Morgan fingerprint density at radius 3 is 2.67 bits per heavy atom. The van der Waals surface area contributed by atoms with E-state index in [0.29, 0.717) is 17.5 Å². The van der Waals surface area contributed by atoms with Gasteiger partial charge in [0.2, 0.25) is 0 Å². The Hall–Kier alpha value is -1.46. The average molecular weight is 350 g/mol. The standard InChI is InChI=1S/C16H20BrN3O/c1-3-7-19-15(4-2)16-6-5-13(11-20-16)21-14-8-12(17)9-18-10-14/h5-6,8-11,15,19H,3-4,7H2,1-2H3. The number of pyridine rings is 2. The highest BCUT2D eigenvalue weighted by Crippen LogP contribution is 2.24. The molecule has 2 heterocycles. The molecule has 0 saturated carbocycles. The van der Waals surface area contributed by atoms with Crippen molar-refractivity contribution in [3.8, 4) is 11.5 Å². The summed E-state index contributed by atoms with van der Waals surface area (Å²) in [6.07, 6.45) is 7.29. The molecule has 5 heteroatoms. The first-order valence-electron chi connectivity index (χ1n) is 7.20. The first kappa shape index (κ1) is 15.9. The quantitative estimate of drug-likeness (QED) is 0.800. The van der Waals surface area contributed by atoms with Gasteiger partial charge in [-0.2, -0.15) is 0 Å². The van der Waals surface area contributed by atoms with Crippen LogP contribution in [0, 0.1) is 0 Å². The molecule has 2 rings (SSSR count). The molecular weight excluding hydrogens is 330 g/mol. The van der Waals surface area contributed by atoms with Crippen LogP contribution in [0.3, 0.4) is 0 Å². The minimum Gasteiger partial charge on any atom is -0.454 e. The molecule has 4 nitrogen and oxygen atoms in total. The number of nitrogens with zero attached hydrogens (tertiary/aromatic N) is 2. The van der Waals surface area contributed by atoms with Gasteiger partial charge in [-0.15, -0.1) is 0 Å². The Bertz CT molecular complexity index is 560. The molecule has 112 valence electrons. The van der Waals surface area contributed by atoms with Crippen molar-refractivity contribution >= 4 is 15.9 Å². The zero-order valence-electron chi connectivity index (χ0n) is 12.3. The highest BCUT2D eigenvalue weighted by Gasteiger charge is 2.09. The maximum absolute atomic E-state index is 5.73. The van der Waals surface area contributed by atoms with Crippen molar-refractivity contribution in [1.82, 2.24) is 15.3 Å². The summed E-state index contributed by atoms with van der Waals surface area (Å²) in [4.78, 5) is 8.57. The SMILES string of the molecule is CCCNC(CC)c1ccc(Oc2cncc(Br)c2)cn1. The molecule has 1 unspecified atom stereocenters. The van der Waals surface area contributed by atoms with E-state index in [1.165, 1.54) is 0 Å². The molecule has 0 aliphatic heterocycles. The monoisotopic (exact) mass is 349 g/mol. The van der Waals surface area contributed by atoms with Crippen LogP contribution in [0.15, 0.2) is 41.3 Å². The molecule has 0 fully saturated rings. The number of hydrogen-bond acceptors (Lipinski definition) is 4. The molecule has 0 saturated heterocycles. The number of rotatable bonds is 7. The van der Waals surface area contributed by atoms with Crippen LogP contribution in [0.1, 0.15) is 38.4 Å². The van der Waals surface area contributed by atoms with Crippen LogP contribution in [-0.2, 0) is 0 Å². The van der Waals surface area contributed by atoms with Gasteiger partial charge in [-0.25, -0.2) is 0 Å². The Kier molecular flexibility index (Phi) is 6.14. The van der Waals surface area contributed by atoms with E-state index in [9.17, 15) is 0 Å². The predicted molar refractivity (Wildman–Crippen MR) is 87.6 cm³/mol. The summed E-state index contributed by atoms with van der Waals surface area (Å²) in [5.74, 6) is 1.40. The molecular formula is C16H20BrN3O. The summed E-state index contributed by atoms with van der Waals surface area (Å²) in [6.45, 7) is 5.32. The minimum absolute atomic E-state index is 0.298. The lowest BCUT2D eigenvalue weighted by Gasteiger charge is -2.16. The largest absolute Gasteiger partial charge is 0.454 e. The highest BCUT2D eigenvalue weighted by atomic mass is 79.9. The fourth-order valence-electron chi connectivity index (χ4n) is 2.02. The average Bonchev–Trinajstić information content (AvgIpc) is 2.49. The van der Waals surface area contributed by atoms with Gasteiger partial charge in [0.1, 0.15) is 11.5 Å². The normalized spacial score (nSPS) is 12.1. The first-order valence-corrected chi connectivity index (χ1v) is 8.00. The van der Waals surface area contributed by atoms with E-state index in [2.05, 4.69) is 45.1 Å². The van der Waals surface area contributed by atoms with Crippen LogP contribution in [-0.4, -0.2) is 16.5 Å². The summed E-state index contributed by atoms with van der Waals surface area (Å²) in [5.41, 5.74) is 1.05. The molecule has 0 aromatic carbocycles. The van der Waals surface area contributed by atoms with Crippen LogP contribution in [0.5, 0.6) is 11.5 Å². The van der Waals surface area contributed by atoms with E-state index < -0.39 is 0 Å². The molecule has 1 N–H and O–H groups in total. The smallest absolute Gasteiger partial charge is 0.146 e. The molecule has 2 aromatic heterocycles. The molecule has 21 heavy (non-hydrogen) atoms. The zero-order chi connectivity index (χ0) is 15.1. The lowest BCUT2D eigenvalue weighted by Crippen LogP contribution is -2.22. The maximum Gasteiger partial charge on any atom is 0.146 e. The molecule has 0 bridgehead atoms. The third kappa shape index (κ3) is 4.79. The molecule has 0 aliphatic carbocycles. The zero-order valence-corrected chi connectivity index (χ0v) is 13.9. The number of aromatic nitrogens is 2. The lowest BCUT2D eigenvalue weighted by atomic mass is 10.1. The van der Waals surface area contributed by atoms with Crippen LogP contribution < -0.4 is 10.1 Å². The molecule has 0 radical (unpaired) electrons. The van der Waals surface area contributed by atoms with Gasteiger partial charge >= 0.3 is 0 Å². The van der Waals surface area contributed by atoms with E-state index in [1.54, 1.807) is 18.6 Å². The van der Waals surface area contributed by atoms with E-state index in [1.807, 2.05) is 18.2 Å². The Balaban J connectivity index is 2.04. The van der Waals surface area contributed by atoms with E-state index in [4.69, 9.17) is 4.74 Å². The molecule has 1 atom stereocenters. The van der Waals surface area contributed by atoms with Gasteiger partial charge in [0.15, 0.2) is 0 Å². The highest BCUT2D eigenvalue weighted by molar-refractivity contribution is 9.10. The third-order valence-corrected chi connectivity index (χ3v) is 3.51. The van der Waals surface area contributed by atoms with Crippen molar-refractivity contribution in [2.24, 2.45) is 0 Å². The summed E-state index contributed by atoms with van der Waals surface area (Å²) in [5, 5.41) is 3.49. The van der Waals surface area contributed by atoms with Crippen molar-refractivity contribution in [3.05, 3.63) is 47.0 Å².